The molecule has 0 radical (unpaired) electrons. The lowest BCUT2D eigenvalue weighted by Gasteiger charge is -2.21. The van der Waals surface area contributed by atoms with Crippen LogP contribution in [0.1, 0.15) is 30.6 Å². The number of hydrogen-bond acceptors (Lipinski definition) is 5. The molecule has 0 aliphatic rings. The Bertz CT molecular complexity index is 763. The summed E-state index contributed by atoms with van der Waals surface area (Å²) in [5.41, 5.74) is -0.135. The van der Waals surface area contributed by atoms with Gasteiger partial charge in [-0.2, -0.15) is 17.9 Å². The highest BCUT2D eigenvalue weighted by atomic mass is 32.2. The van der Waals surface area contributed by atoms with E-state index in [1.54, 1.807) is 19.2 Å². The van der Waals surface area contributed by atoms with E-state index in [2.05, 4.69) is 9.46 Å². The SMILES string of the molecule is CC[C@H](C)[C@@H](NS(=O)(=O)c1ccc(C(=O)NCC(F)(F)F)cc1)C(=O)OC. The predicted molar refractivity (Wildman–Crippen MR) is 90.4 cm³/mol. The van der Waals surface area contributed by atoms with E-state index >= 15 is 0 Å². The molecule has 0 bridgehead atoms. The van der Waals surface area contributed by atoms with E-state index in [9.17, 15) is 31.2 Å². The Balaban J connectivity index is 2.95. The molecule has 0 aromatic heterocycles. The number of benzene rings is 1. The minimum Gasteiger partial charge on any atom is -0.468 e. The van der Waals surface area contributed by atoms with Gasteiger partial charge in [-0.15, -0.1) is 0 Å². The number of alkyl halides is 3. The second kappa shape index (κ2) is 9.18. The lowest BCUT2D eigenvalue weighted by atomic mass is 10.0. The van der Waals surface area contributed by atoms with Crippen molar-refractivity contribution in [2.45, 2.75) is 37.4 Å². The first-order valence-corrected chi connectivity index (χ1v) is 9.44. The number of esters is 1. The predicted octanol–water partition coefficient (Wildman–Crippen LogP) is 1.84. The summed E-state index contributed by atoms with van der Waals surface area (Å²) >= 11 is 0. The molecule has 0 fully saturated rings. The first-order valence-electron chi connectivity index (χ1n) is 7.96. The van der Waals surface area contributed by atoms with Gasteiger partial charge < -0.3 is 10.1 Å². The highest BCUT2D eigenvalue weighted by Gasteiger charge is 2.31. The molecule has 0 aliphatic carbocycles. The lowest BCUT2D eigenvalue weighted by Crippen LogP contribution is -2.45. The number of rotatable bonds is 8. The van der Waals surface area contributed by atoms with E-state index in [-0.39, 0.29) is 16.4 Å². The van der Waals surface area contributed by atoms with Crippen molar-refractivity contribution >= 4 is 21.9 Å². The van der Waals surface area contributed by atoms with Gasteiger partial charge in [0.15, 0.2) is 0 Å². The molecule has 0 aliphatic heterocycles. The molecule has 7 nitrogen and oxygen atoms in total. The molecule has 1 amide bonds. The quantitative estimate of drug-likeness (QED) is 0.637. The van der Waals surface area contributed by atoms with Gasteiger partial charge in [0.1, 0.15) is 12.6 Å². The largest absolute Gasteiger partial charge is 0.468 e. The average Bonchev–Trinajstić information content (AvgIpc) is 2.62. The summed E-state index contributed by atoms with van der Waals surface area (Å²) in [7, 11) is -2.97. The van der Waals surface area contributed by atoms with Crippen LogP contribution >= 0.6 is 0 Å². The van der Waals surface area contributed by atoms with Crippen molar-refractivity contribution in [1.29, 1.82) is 0 Å². The van der Waals surface area contributed by atoms with Crippen LogP contribution in [0, 0.1) is 5.92 Å². The molecule has 0 saturated heterocycles. The molecule has 0 spiro atoms. The molecule has 1 aromatic rings. The molecule has 0 heterocycles. The van der Waals surface area contributed by atoms with Crippen LogP contribution in [0.2, 0.25) is 0 Å². The number of ether oxygens (including phenoxy) is 1. The number of carbonyl (C=O) groups is 2. The summed E-state index contributed by atoms with van der Waals surface area (Å²) in [5.74, 6) is -2.06. The summed E-state index contributed by atoms with van der Waals surface area (Å²) in [6.45, 7) is 1.96. The molecular weight excluding hydrogens is 389 g/mol. The average molecular weight is 410 g/mol. The second-order valence-electron chi connectivity index (χ2n) is 5.83. The molecule has 27 heavy (non-hydrogen) atoms. The number of nitrogens with one attached hydrogen (secondary N) is 2. The minimum atomic E-state index is -4.55. The molecule has 11 heteroatoms. The number of amides is 1. The smallest absolute Gasteiger partial charge is 0.405 e. The van der Waals surface area contributed by atoms with Crippen molar-refractivity contribution < 1.29 is 35.9 Å². The molecule has 0 unspecified atom stereocenters. The third-order valence-electron chi connectivity index (χ3n) is 3.83. The van der Waals surface area contributed by atoms with Crippen LogP contribution in [-0.2, 0) is 19.6 Å². The van der Waals surface area contributed by atoms with Gasteiger partial charge >= 0.3 is 12.1 Å². The molecular formula is C16H21F3N2O5S. The molecule has 152 valence electrons. The van der Waals surface area contributed by atoms with Gasteiger partial charge in [0.2, 0.25) is 10.0 Å². The van der Waals surface area contributed by atoms with E-state index < -0.39 is 40.7 Å². The van der Waals surface area contributed by atoms with E-state index in [4.69, 9.17) is 0 Å². The van der Waals surface area contributed by atoms with Crippen LogP contribution in [0.15, 0.2) is 29.2 Å². The zero-order chi connectivity index (χ0) is 20.8. The number of methoxy groups -OCH3 is 1. The standard InChI is InChI=1S/C16H21F3N2O5S/c1-4-10(2)13(15(23)26-3)21-27(24,25)12-7-5-11(6-8-12)14(22)20-9-16(17,18)19/h5-8,10,13,21H,4,9H2,1-3H3,(H,20,22)/t10-,13+/m0/s1. The van der Waals surface area contributed by atoms with Gasteiger partial charge in [-0.3, -0.25) is 9.59 Å². The second-order valence-corrected chi connectivity index (χ2v) is 7.54. The number of halogens is 3. The molecule has 0 saturated carbocycles. The topological polar surface area (TPSA) is 102 Å². The van der Waals surface area contributed by atoms with Gasteiger partial charge in [0, 0.05) is 5.56 Å². The summed E-state index contributed by atoms with van der Waals surface area (Å²) in [6.07, 6.45) is -4.04. The Morgan fingerprint density at radius 3 is 2.19 bits per heavy atom. The first kappa shape index (κ1) is 22.9. The molecule has 2 N–H and O–H groups in total. The van der Waals surface area contributed by atoms with E-state index in [0.29, 0.717) is 6.42 Å². The monoisotopic (exact) mass is 410 g/mol. The first-order chi connectivity index (χ1) is 12.4. The van der Waals surface area contributed by atoms with E-state index in [1.807, 2.05) is 0 Å². The fourth-order valence-corrected chi connectivity index (χ4v) is 3.36. The maximum absolute atomic E-state index is 12.5. The third-order valence-corrected chi connectivity index (χ3v) is 5.28. The van der Waals surface area contributed by atoms with Crippen LogP contribution in [0.4, 0.5) is 13.2 Å². The van der Waals surface area contributed by atoms with Gasteiger partial charge in [0.25, 0.3) is 5.91 Å². The van der Waals surface area contributed by atoms with Crippen molar-refractivity contribution in [1.82, 2.24) is 10.0 Å². The third kappa shape index (κ3) is 6.83. The van der Waals surface area contributed by atoms with Gasteiger partial charge in [0.05, 0.1) is 12.0 Å². The van der Waals surface area contributed by atoms with Crippen LogP contribution in [0.5, 0.6) is 0 Å². The highest BCUT2D eigenvalue weighted by molar-refractivity contribution is 7.89. The molecule has 2 atom stereocenters. The summed E-state index contributed by atoms with van der Waals surface area (Å²) in [5, 5.41) is 1.68. The van der Waals surface area contributed by atoms with Gasteiger partial charge in [-0.05, 0) is 30.2 Å². The fraction of sp³-hybridized carbons (Fsp3) is 0.500. The van der Waals surface area contributed by atoms with Crippen LogP contribution in [0.3, 0.4) is 0 Å². The van der Waals surface area contributed by atoms with Crippen molar-refractivity contribution in [3.63, 3.8) is 0 Å². The Labute approximate surface area is 155 Å². The normalized spacial score (nSPS) is 14.3. The maximum Gasteiger partial charge on any atom is 0.405 e. The van der Waals surface area contributed by atoms with E-state index in [0.717, 1.165) is 31.4 Å². The zero-order valence-electron chi connectivity index (χ0n) is 15.0. The van der Waals surface area contributed by atoms with Gasteiger partial charge in [-0.1, -0.05) is 20.3 Å². The molecule has 1 rings (SSSR count). The van der Waals surface area contributed by atoms with Crippen LogP contribution in [-0.4, -0.2) is 46.2 Å². The summed E-state index contributed by atoms with van der Waals surface area (Å²) in [4.78, 5) is 23.2. The van der Waals surface area contributed by atoms with E-state index in [1.165, 1.54) is 0 Å². The highest BCUT2D eigenvalue weighted by Crippen LogP contribution is 2.16. The van der Waals surface area contributed by atoms with Crippen LogP contribution < -0.4 is 10.0 Å². The van der Waals surface area contributed by atoms with Crippen LogP contribution in [0.25, 0.3) is 0 Å². The van der Waals surface area contributed by atoms with Gasteiger partial charge in [-0.25, -0.2) is 8.42 Å². The lowest BCUT2D eigenvalue weighted by molar-refractivity contribution is -0.143. The Kier molecular flexibility index (Phi) is 7.78. The number of hydrogen-bond donors (Lipinski definition) is 2. The Morgan fingerprint density at radius 2 is 1.74 bits per heavy atom. The summed E-state index contributed by atoms with van der Waals surface area (Å²) < 4.78 is 68.1. The molecule has 1 aromatic carbocycles. The number of sulfonamides is 1. The summed E-state index contributed by atoms with van der Waals surface area (Å²) in [6, 6.07) is 3.19. The maximum atomic E-state index is 12.5. The Hall–Kier alpha value is -2.14. The fourth-order valence-electron chi connectivity index (χ4n) is 2.06. The number of carbonyl (C=O) groups excluding carboxylic acids is 2. The van der Waals surface area contributed by atoms with Crippen molar-refractivity contribution in [3.05, 3.63) is 29.8 Å². The minimum absolute atomic E-state index is 0.135. The zero-order valence-corrected chi connectivity index (χ0v) is 15.8. The Morgan fingerprint density at radius 1 is 1.19 bits per heavy atom. The van der Waals surface area contributed by atoms with Crippen molar-refractivity contribution in [3.8, 4) is 0 Å². The van der Waals surface area contributed by atoms with Crippen molar-refractivity contribution in [2.75, 3.05) is 13.7 Å². The van der Waals surface area contributed by atoms with Crippen molar-refractivity contribution in [2.24, 2.45) is 5.92 Å².